The van der Waals surface area contributed by atoms with E-state index in [4.69, 9.17) is 14.1 Å². The first-order valence-electron chi connectivity index (χ1n) is 13.7. The van der Waals surface area contributed by atoms with Crippen LogP contribution in [0.1, 0.15) is 39.0 Å². The summed E-state index contributed by atoms with van der Waals surface area (Å²) >= 11 is 0. The van der Waals surface area contributed by atoms with Crippen LogP contribution >= 0.6 is 0 Å². The molecule has 0 aliphatic carbocycles. The molecule has 0 spiro atoms. The Morgan fingerprint density at radius 3 is 2.17 bits per heavy atom. The molecule has 0 radical (unpaired) electrons. The van der Waals surface area contributed by atoms with Gasteiger partial charge in [-0.1, -0.05) is 60.7 Å². The van der Waals surface area contributed by atoms with Gasteiger partial charge in [0.1, 0.15) is 11.8 Å². The van der Waals surface area contributed by atoms with Crippen molar-refractivity contribution >= 4 is 11.9 Å². The largest absolute Gasteiger partial charge is 0.467 e. The number of amides is 1. The Kier molecular flexibility index (Phi) is 8.74. The smallest absolute Gasteiger partial charge is 0.329 e. The van der Waals surface area contributed by atoms with Crippen LogP contribution in [0.4, 0.5) is 0 Å². The summed E-state index contributed by atoms with van der Waals surface area (Å²) in [6.07, 6.45) is 4.80. The van der Waals surface area contributed by atoms with Crippen molar-refractivity contribution in [3.05, 3.63) is 138 Å². The van der Waals surface area contributed by atoms with Gasteiger partial charge in [-0.15, -0.1) is 0 Å². The van der Waals surface area contributed by atoms with Crippen LogP contribution in [-0.4, -0.2) is 40.0 Å². The standard InChI is InChI=1S/C34H33N3O4/c1-25-30(35-32(41-25)28-11-5-3-6-12-28)19-22-37(33(38)29-13-7-4-8-14-29)24-27-17-15-26(16-18-27)23-31(34(39)40-2)36-20-9-10-21-36/h3-18,20-21,31H,19,22-24H2,1-2H3/t31-/m0/s1. The third-order valence-electron chi connectivity index (χ3n) is 7.13. The molecule has 3 aromatic carbocycles. The highest BCUT2D eigenvalue weighted by Gasteiger charge is 2.22. The number of aryl methyl sites for hydroxylation is 1. The minimum absolute atomic E-state index is 0.0440. The zero-order valence-corrected chi connectivity index (χ0v) is 23.3. The van der Waals surface area contributed by atoms with E-state index in [1.165, 1.54) is 7.11 Å². The topological polar surface area (TPSA) is 77.6 Å². The van der Waals surface area contributed by atoms with Crippen LogP contribution in [0.15, 0.2) is 114 Å². The van der Waals surface area contributed by atoms with Crippen molar-refractivity contribution in [2.24, 2.45) is 0 Å². The highest BCUT2D eigenvalue weighted by atomic mass is 16.5. The number of carbonyl (C=O) groups is 2. The van der Waals surface area contributed by atoms with E-state index >= 15 is 0 Å². The SMILES string of the molecule is COC(=O)[C@H](Cc1ccc(CN(CCc2nc(-c3ccccc3)oc2C)C(=O)c2ccccc2)cc1)n1cccc1. The first-order valence-corrected chi connectivity index (χ1v) is 13.7. The Balaban J connectivity index is 1.32. The molecule has 7 nitrogen and oxygen atoms in total. The summed E-state index contributed by atoms with van der Waals surface area (Å²) in [5.74, 6) is 1.00. The average Bonchev–Trinajstić information content (AvgIpc) is 3.69. The highest BCUT2D eigenvalue weighted by Crippen LogP contribution is 2.23. The number of ether oxygens (including phenoxy) is 1. The number of hydrogen-bond acceptors (Lipinski definition) is 5. The van der Waals surface area contributed by atoms with Gasteiger partial charge in [-0.2, -0.15) is 0 Å². The molecule has 5 aromatic rings. The summed E-state index contributed by atoms with van der Waals surface area (Å²) in [6.45, 7) is 2.83. The van der Waals surface area contributed by atoms with Crippen molar-refractivity contribution < 1.29 is 18.7 Å². The molecule has 0 saturated heterocycles. The number of benzene rings is 3. The maximum absolute atomic E-state index is 13.6. The van der Waals surface area contributed by atoms with Crippen molar-refractivity contribution in [2.45, 2.75) is 32.4 Å². The Morgan fingerprint density at radius 1 is 0.878 bits per heavy atom. The van der Waals surface area contributed by atoms with Crippen molar-refractivity contribution in [1.29, 1.82) is 0 Å². The number of rotatable bonds is 11. The van der Waals surface area contributed by atoms with E-state index in [1.54, 1.807) is 0 Å². The zero-order valence-electron chi connectivity index (χ0n) is 23.3. The van der Waals surface area contributed by atoms with E-state index in [2.05, 4.69) is 0 Å². The second-order valence-electron chi connectivity index (χ2n) is 9.92. The van der Waals surface area contributed by atoms with Gasteiger partial charge in [-0.3, -0.25) is 4.79 Å². The molecule has 0 aliphatic rings. The quantitative estimate of drug-likeness (QED) is 0.182. The molecular weight excluding hydrogens is 514 g/mol. The predicted octanol–water partition coefficient (Wildman–Crippen LogP) is 6.29. The van der Waals surface area contributed by atoms with Crippen LogP contribution in [0.5, 0.6) is 0 Å². The molecule has 0 unspecified atom stereocenters. The van der Waals surface area contributed by atoms with Gasteiger partial charge in [0, 0.05) is 49.5 Å². The van der Waals surface area contributed by atoms with Crippen molar-refractivity contribution in [3.8, 4) is 11.5 Å². The molecule has 0 bridgehead atoms. The van der Waals surface area contributed by atoms with Crippen molar-refractivity contribution in [1.82, 2.24) is 14.5 Å². The number of oxazole rings is 1. The molecule has 0 aliphatic heterocycles. The van der Waals surface area contributed by atoms with Gasteiger partial charge in [0.25, 0.3) is 5.91 Å². The summed E-state index contributed by atoms with van der Waals surface area (Å²) in [6, 6.07) is 30.5. The number of aromatic nitrogens is 2. The first kappa shape index (κ1) is 27.6. The van der Waals surface area contributed by atoms with Gasteiger partial charge in [-0.05, 0) is 54.4 Å². The lowest BCUT2D eigenvalue weighted by atomic mass is 10.0. The summed E-state index contributed by atoms with van der Waals surface area (Å²) in [5.41, 5.74) is 4.40. The number of methoxy groups -OCH3 is 1. The van der Waals surface area contributed by atoms with Gasteiger partial charge >= 0.3 is 5.97 Å². The van der Waals surface area contributed by atoms with E-state index < -0.39 is 6.04 Å². The third kappa shape index (κ3) is 6.81. The van der Waals surface area contributed by atoms with E-state index in [0.717, 1.165) is 28.1 Å². The fraction of sp³-hybridized carbons (Fsp3) is 0.206. The van der Waals surface area contributed by atoms with Crippen LogP contribution in [0.3, 0.4) is 0 Å². The van der Waals surface area contributed by atoms with E-state index in [9.17, 15) is 9.59 Å². The Morgan fingerprint density at radius 2 is 1.51 bits per heavy atom. The minimum atomic E-state index is -0.441. The second-order valence-corrected chi connectivity index (χ2v) is 9.92. The Hall–Kier alpha value is -4.91. The summed E-state index contributed by atoms with van der Waals surface area (Å²) in [4.78, 5) is 32.6. The van der Waals surface area contributed by atoms with Gasteiger partial charge in [0.05, 0.1) is 12.8 Å². The molecule has 5 rings (SSSR count). The summed E-state index contributed by atoms with van der Waals surface area (Å²) in [5, 5.41) is 0. The molecule has 0 fully saturated rings. The first-order chi connectivity index (χ1) is 20.0. The van der Waals surface area contributed by atoms with Crippen LogP contribution in [-0.2, 0) is 28.9 Å². The van der Waals surface area contributed by atoms with Gasteiger partial charge in [0.15, 0.2) is 0 Å². The third-order valence-corrected chi connectivity index (χ3v) is 7.13. The fourth-order valence-electron chi connectivity index (χ4n) is 4.85. The molecule has 41 heavy (non-hydrogen) atoms. The van der Waals surface area contributed by atoms with E-state index in [1.807, 2.05) is 126 Å². The van der Waals surface area contributed by atoms with Crippen LogP contribution in [0.2, 0.25) is 0 Å². The second kappa shape index (κ2) is 13.0. The minimum Gasteiger partial charge on any atom is -0.467 e. The molecule has 0 N–H and O–H groups in total. The van der Waals surface area contributed by atoms with E-state index in [-0.39, 0.29) is 11.9 Å². The molecular formula is C34H33N3O4. The summed E-state index contributed by atoms with van der Waals surface area (Å²) < 4.78 is 12.8. The Labute approximate surface area is 240 Å². The maximum Gasteiger partial charge on any atom is 0.329 e. The monoisotopic (exact) mass is 547 g/mol. The lowest BCUT2D eigenvalue weighted by molar-refractivity contribution is -0.144. The number of hydrogen-bond donors (Lipinski definition) is 0. The average molecular weight is 548 g/mol. The van der Waals surface area contributed by atoms with Gasteiger partial charge in [0.2, 0.25) is 5.89 Å². The zero-order chi connectivity index (χ0) is 28.6. The molecule has 1 amide bonds. The fourth-order valence-corrected chi connectivity index (χ4v) is 4.85. The molecule has 0 saturated carbocycles. The Bertz CT molecular complexity index is 1560. The molecule has 2 aromatic heterocycles. The number of carbonyl (C=O) groups excluding carboxylic acids is 2. The van der Waals surface area contributed by atoms with Crippen molar-refractivity contribution in [3.63, 3.8) is 0 Å². The van der Waals surface area contributed by atoms with E-state index in [0.29, 0.717) is 37.4 Å². The van der Waals surface area contributed by atoms with Crippen LogP contribution < -0.4 is 0 Å². The van der Waals surface area contributed by atoms with Gasteiger partial charge in [-0.25, -0.2) is 9.78 Å². The number of esters is 1. The predicted molar refractivity (Wildman–Crippen MR) is 157 cm³/mol. The normalized spacial score (nSPS) is 11.7. The highest BCUT2D eigenvalue weighted by molar-refractivity contribution is 5.94. The van der Waals surface area contributed by atoms with Crippen LogP contribution in [0.25, 0.3) is 11.5 Å². The van der Waals surface area contributed by atoms with Crippen molar-refractivity contribution in [2.75, 3.05) is 13.7 Å². The lowest BCUT2D eigenvalue weighted by Gasteiger charge is -2.23. The van der Waals surface area contributed by atoms with Gasteiger partial charge < -0.3 is 18.6 Å². The molecule has 1 atom stereocenters. The molecule has 208 valence electrons. The van der Waals surface area contributed by atoms with Crippen LogP contribution in [0, 0.1) is 6.92 Å². The lowest BCUT2D eigenvalue weighted by Crippen LogP contribution is -2.32. The molecule has 2 heterocycles. The number of nitrogens with zero attached hydrogens (tertiary/aromatic N) is 3. The maximum atomic E-state index is 13.6. The summed E-state index contributed by atoms with van der Waals surface area (Å²) in [7, 11) is 1.41. The molecule has 7 heteroatoms.